The average Bonchev–Trinajstić information content (AvgIpc) is 3.66. The topological polar surface area (TPSA) is 207 Å². The number of nitrogens with one attached hydrogen (secondary N) is 4. The first-order valence-electron chi connectivity index (χ1n) is 17.4. The number of aliphatic hydroxyl groups is 1. The Kier molecular flexibility index (Phi) is 15.5. The van der Waals surface area contributed by atoms with Crippen LogP contribution in [-0.4, -0.2) is 82.8 Å². The van der Waals surface area contributed by atoms with Crippen LogP contribution in [0.3, 0.4) is 0 Å². The Morgan fingerprint density at radius 2 is 1.39 bits per heavy atom. The van der Waals surface area contributed by atoms with E-state index in [1.165, 1.54) is 20.4 Å². The van der Waals surface area contributed by atoms with Gasteiger partial charge in [0, 0.05) is 12.6 Å². The van der Waals surface area contributed by atoms with Crippen LogP contribution < -0.4 is 21.3 Å². The van der Waals surface area contributed by atoms with E-state index < -0.39 is 66.4 Å². The smallest absolute Gasteiger partial charge is 0.419 e. The van der Waals surface area contributed by atoms with Crippen LogP contribution in [0, 0.1) is 0 Å². The van der Waals surface area contributed by atoms with Crippen molar-refractivity contribution in [2.24, 2.45) is 0 Å². The summed E-state index contributed by atoms with van der Waals surface area (Å²) in [5.41, 5.74) is 2.30. The summed E-state index contributed by atoms with van der Waals surface area (Å²) in [6, 6.07) is 23.1. The predicted molar refractivity (Wildman–Crippen MR) is 198 cm³/mol. The van der Waals surface area contributed by atoms with E-state index >= 15 is 0 Å². The number of hydrogen-bond acceptors (Lipinski definition) is 10. The predicted octanol–water partition coefficient (Wildman–Crippen LogP) is 1.68. The van der Waals surface area contributed by atoms with Crippen LogP contribution in [0.1, 0.15) is 48.2 Å². The first-order chi connectivity index (χ1) is 26.0. The molecule has 0 bridgehead atoms. The summed E-state index contributed by atoms with van der Waals surface area (Å²) in [5, 5.41) is 21.0. The second-order valence-electron chi connectivity index (χ2n) is 12.3. The number of amides is 4. The number of hydrogen-bond donors (Lipinski definition) is 5. The van der Waals surface area contributed by atoms with Gasteiger partial charge in [0.15, 0.2) is 18.0 Å². The van der Waals surface area contributed by atoms with Gasteiger partial charge in [-0.2, -0.15) is 0 Å². The summed E-state index contributed by atoms with van der Waals surface area (Å²) in [5.74, 6) is -3.62. The third-order valence-corrected chi connectivity index (χ3v) is 8.06. The fraction of sp³-hybridized carbons (Fsp3) is 0.289. The van der Waals surface area contributed by atoms with Crippen LogP contribution in [-0.2, 0) is 48.3 Å². The monoisotopic (exact) mass is 738 g/mol. The number of carbonyl (C=O) groups excluding carboxylic acids is 6. The van der Waals surface area contributed by atoms with E-state index in [-0.39, 0.29) is 31.7 Å². The SMILES string of the molecule is BC(=O)N[C@@H](Cc1cn(C(=O)OCc2ccccc2)cn1)C(=O)NC(CCC)C(O)C(=O)NCC(=O)N[C@H](C(=O)OCc1ccccc1)c1ccccc1. The fourth-order valence-electron chi connectivity index (χ4n) is 5.33. The van der Waals surface area contributed by atoms with Crippen molar-refractivity contribution in [1.82, 2.24) is 30.8 Å². The largest absolute Gasteiger partial charge is 0.459 e. The Balaban J connectivity index is 1.33. The molecule has 3 aromatic carbocycles. The average molecular weight is 739 g/mol. The van der Waals surface area contributed by atoms with Gasteiger partial charge in [-0.1, -0.05) is 104 Å². The molecule has 0 saturated carbocycles. The van der Waals surface area contributed by atoms with Gasteiger partial charge >= 0.3 is 12.1 Å². The van der Waals surface area contributed by atoms with Gasteiger partial charge in [0.05, 0.1) is 18.3 Å². The molecule has 282 valence electrons. The highest BCUT2D eigenvalue weighted by Gasteiger charge is 2.31. The highest BCUT2D eigenvalue weighted by molar-refractivity contribution is 6.57. The molecule has 2 unspecified atom stereocenters. The Morgan fingerprint density at radius 1 is 0.796 bits per heavy atom. The number of nitrogens with zero attached hydrogens (tertiary/aromatic N) is 2. The maximum atomic E-state index is 13.4. The lowest BCUT2D eigenvalue weighted by atomic mass is 10.0. The molecule has 5 N–H and O–H groups in total. The van der Waals surface area contributed by atoms with Crippen LogP contribution in [0.15, 0.2) is 104 Å². The first kappa shape index (κ1) is 40.5. The van der Waals surface area contributed by atoms with Gasteiger partial charge in [-0.3, -0.25) is 19.2 Å². The summed E-state index contributed by atoms with van der Waals surface area (Å²) in [4.78, 5) is 81.2. The number of aromatic nitrogens is 2. The number of ether oxygens (including phenoxy) is 2. The van der Waals surface area contributed by atoms with E-state index in [1.807, 2.05) is 36.4 Å². The Labute approximate surface area is 313 Å². The number of aliphatic hydroxyl groups excluding tert-OH is 1. The molecular formula is C38H43BN6O9. The van der Waals surface area contributed by atoms with Gasteiger partial charge in [-0.15, -0.1) is 0 Å². The maximum Gasteiger partial charge on any atom is 0.419 e. The minimum atomic E-state index is -1.78. The lowest BCUT2D eigenvalue weighted by Crippen LogP contribution is -2.56. The highest BCUT2D eigenvalue weighted by atomic mass is 16.5. The zero-order chi connectivity index (χ0) is 38.9. The third kappa shape index (κ3) is 12.7. The van der Waals surface area contributed by atoms with Crippen molar-refractivity contribution in [2.75, 3.05) is 6.54 Å². The summed E-state index contributed by atoms with van der Waals surface area (Å²) in [7, 11) is 1.22. The van der Waals surface area contributed by atoms with E-state index in [1.54, 1.807) is 61.5 Å². The van der Waals surface area contributed by atoms with Crippen molar-refractivity contribution >= 4 is 43.4 Å². The molecule has 0 aliphatic carbocycles. The molecular weight excluding hydrogens is 695 g/mol. The van der Waals surface area contributed by atoms with Crippen LogP contribution in [0.2, 0.25) is 0 Å². The summed E-state index contributed by atoms with van der Waals surface area (Å²) < 4.78 is 11.9. The van der Waals surface area contributed by atoms with Crippen molar-refractivity contribution in [1.29, 1.82) is 0 Å². The second kappa shape index (κ2) is 20.7. The van der Waals surface area contributed by atoms with Gasteiger partial charge in [-0.25, -0.2) is 19.1 Å². The maximum absolute atomic E-state index is 13.4. The molecule has 0 aliphatic heterocycles. The summed E-state index contributed by atoms with van der Waals surface area (Å²) >= 11 is 0. The minimum absolute atomic E-state index is 0.0117. The van der Waals surface area contributed by atoms with E-state index in [4.69, 9.17) is 9.47 Å². The van der Waals surface area contributed by atoms with Crippen molar-refractivity contribution in [3.63, 3.8) is 0 Å². The molecule has 15 nitrogen and oxygen atoms in total. The molecule has 4 rings (SSSR count). The van der Waals surface area contributed by atoms with Crippen molar-refractivity contribution in [3.05, 3.63) is 126 Å². The van der Waals surface area contributed by atoms with Crippen molar-refractivity contribution < 1.29 is 43.3 Å². The quantitative estimate of drug-likeness (QED) is 0.0738. The Morgan fingerprint density at radius 3 is 1.98 bits per heavy atom. The number of imidazole rings is 1. The zero-order valence-electron chi connectivity index (χ0n) is 30.0. The van der Waals surface area contributed by atoms with E-state index in [0.717, 1.165) is 15.7 Å². The zero-order valence-corrected chi connectivity index (χ0v) is 30.0. The lowest BCUT2D eigenvalue weighted by Gasteiger charge is -2.26. The number of benzene rings is 3. The molecule has 1 aromatic heterocycles. The third-order valence-electron chi connectivity index (χ3n) is 8.06. The highest BCUT2D eigenvalue weighted by Crippen LogP contribution is 2.16. The van der Waals surface area contributed by atoms with E-state index in [9.17, 15) is 33.9 Å². The normalized spacial score (nSPS) is 12.9. The molecule has 1 heterocycles. The van der Waals surface area contributed by atoms with E-state index in [2.05, 4.69) is 26.3 Å². The van der Waals surface area contributed by atoms with Gasteiger partial charge in [0.1, 0.15) is 25.6 Å². The van der Waals surface area contributed by atoms with Crippen LogP contribution in [0.25, 0.3) is 0 Å². The summed E-state index contributed by atoms with van der Waals surface area (Å²) in [6.07, 6.45) is 0.636. The second-order valence-corrected chi connectivity index (χ2v) is 12.3. The molecule has 4 atom stereocenters. The van der Waals surface area contributed by atoms with Gasteiger partial charge in [0.2, 0.25) is 19.7 Å². The number of esters is 1. The fourth-order valence-corrected chi connectivity index (χ4v) is 5.33. The van der Waals surface area contributed by atoms with E-state index in [0.29, 0.717) is 12.0 Å². The Hall–Kier alpha value is -6.29. The number of carbonyl (C=O) groups is 6. The van der Waals surface area contributed by atoms with Crippen LogP contribution >= 0.6 is 0 Å². The number of rotatable bonds is 18. The summed E-state index contributed by atoms with van der Waals surface area (Å²) in [6.45, 7) is 1.22. The van der Waals surface area contributed by atoms with Crippen LogP contribution in [0.5, 0.6) is 0 Å². The Bertz CT molecular complexity index is 1860. The first-order valence-corrected chi connectivity index (χ1v) is 17.4. The van der Waals surface area contributed by atoms with Crippen LogP contribution in [0.4, 0.5) is 9.59 Å². The standard InChI is InChI=1S/C38H43BN6O9/c1-2-12-29(42-34(48)30(43-37(39)51)19-28-21-45(24-41-28)38(52)54-23-26-15-8-4-9-16-26)33(47)35(49)40-20-31(46)44-32(27-17-10-5-11-18-27)36(50)53-22-25-13-6-3-7-14-25/h3-11,13-18,21,24,29-30,32-33,47H,2,12,19-20,22-23,39H2,1H3,(H,40,49)(H,42,48)(H,43,51)(H,44,46)/t29?,30-,32-,33?/m0/s1. The molecule has 0 aliphatic rings. The van der Waals surface area contributed by atoms with Gasteiger partial charge in [0.25, 0.3) is 5.91 Å². The lowest BCUT2D eigenvalue weighted by molar-refractivity contribution is -0.149. The van der Waals surface area contributed by atoms with Gasteiger partial charge < -0.3 is 35.8 Å². The minimum Gasteiger partial charge on any atom is -0.459 e. The van der Waals surface area contributed by atoms with Gasteiger partial charge in [-0.05, 0) is 23.1 Å². The molecule has 54 heavy (non-hydrogen) atoms. The molecule has 0 radical (unpaired) electrons. The van der Waals surface area contributed by atoms with Crippen molar-refractivity contribution in [3.8, 4) is 0 Å². The molecule has 0 saturated heterocycles. The molecule has 16 heteroatoms. The molecule has 0 fully saturated rings. The molecule has 0 spiro atoms. The van der Waals surface area contributed by atoms with Crippen molar-refractivity contribution in [2.45, 2.75) is 63.6 Å². The molecule has 4 amide bonds. The molecule has 4 aromatic rings.